The Hall–Kier alpha value is -1.09. The third-order valence-corrected chi connectivity index (χ3v) is 3.44. The first-order chi connectivity index (χ1) is 7.23. The van der Waals surface area contributed by atoms with Crippen molar-refractivity contribution in [1.82, 2.24) is 10.3 Å². The average molecular weight is 205 g/mol. The van der Waals surface area contributed by atoms with Crippen LogP contribution in [0, 0.1) is 0 Å². The summed E-state index contributed by atoms with van der Waals surface area (Å²) in [4.78, 5) is 6.74. The molecule has 0 amide bonds. The Bertz CT molecular complexity index is 302. The van der Waals surface area contributed by atoms with E-state index in [9.17, 15) is 0 Å². The Morgan fingerprint density at radius 2 is 2.07 bits per heavy atom. The van der Waals surface area contributed by atoms with Crippen LogP contribution < -0.4 is 10.2 Å². The summed E-state index contributed by atoms with van der Waals surface area (Å²) in [6.45, 7) is 4.48. The van der Waals surface area contributed by atoms with Gasteiger partial charge in [0.25, 0.3) is 0 Å². The van der Waals surface area contributed by atoms with Gasteiger partial charge in [-0.25, -0.2) is 4.98 Å². The second-order valence-electron chi connectivity index (χ2n) is 4.49. The van der Waals surface area contributed by atoms with Crippen molar-refractivity contribution < 1.29 is 0 Å². The van der Waals surface area contributed by atoms with Gasteiger partial charge >= 0.3 is 0 Å². The molecule has 1 fully saturated rings. The maximum absolute atomic E-state index is 4.38. The fourth-order valence-corrected chi connectivity index (χ4v) is 2.02. The van der Waals surface area contributed by atoms with Crippen molar-refractivity contribution >= 4 is 5.82 Å². The summed E-state index contributed by atoms with van der Waals surface area (Å²) >= 11 is 0. The fourth-order valence-electron chi connectivity index (χ4n) is 2.02. The molecule has 3 nitrogen and oxygen atoms in total. The number of anilines is 1. The minimum absolute atomic E-state index is 0.311. The van der Waals surface area contributed by atoms with Gasteiger partial charge in [-0.2, -0.15) is 0 Å². The zero-order chi connectivity index (χ0) is 10.7. The molecule has 0 saturated carbocycles. The van der Waals surface area contributed by atoms with E-state index in [0.717, 1.165) is 18.9 Å². The summed E-state index contributed by atoms with van der Waals surface area (Å²) in [6, 6.07) is 6.10. The number of pyridine rings is 1. The monoisotopic (exact) mass is 205 g/mol. The molecule has 0 bridgehead atoms. The van der Waals surface area contributed by atoms with E-state index >= 15 is 0 Å². The first-order valence-corrected chi connectivity index (χ1v) is 5.58. The van der Waals surface area contributed by atoms with E-state index in [-0.39, 0.29) is 0 Å². The Kier molecular flexibility index (Phi) is 2.91. The topological polar surface area (TPSA) is 28.2 Å². The van der Waals surface area contributed by atoms with Crippen molar-refractivity contribution in [2.24, 2.45) is 0 Å². The molecule has 0 unspecified atom stereocenters. The Morgan fingerprint density at radius 3 is 2.60 bits per heavy atom. The van der Waals surface area contributed by atoms with E-state index in [2.05, 4.69) is 35.2 Å². The fraction of sp³-hybridized carbons (Fsp3) is 0.583. The molecule has 82 valence electrons. The number of nitrogens with zero attached hydrogens (tertiary/aromatic N) is 2. The van der Waals surface area contributed by atoms with Gasteiger partial charge in [-0.1, -0.05) is 6.07 Å². The highest BCUT2D eigenvalue weighted by Gasteiger charge is 2.28. The van der Waals surface area contributed by atoms with E-state index in [4.69, 9.17) is 0 Å². The van der Waals surface area contributed by atoms with Crippen LogP contribution in [0.2, 0.25) is 0 Å². The number of rotatable bonds is 2. The lowest BCUT2D eigenvalue weighted by Crippen LogP contribution is -2.50. The highest BCUT2D eigenvalue weighted by Crippen LogP contribution is 2.24. The zero-order valence-corrected chi connectivity index (χ0v) is 9.53. The largest absolute Gasteiger partial charge is 0.356 e. The van der Waals surface area contributed by atoms with Crippen molar-refractivity contribution in [1.29, 1.82) is 0 Å². The quantitative estimate of drug-likeness (QED) is 0.796. The normalized spacial score (nSPS) is 20.3. The molecule has 0 spiro atoms. The summed E-state index contributed by atoms with van der Waals surface area (Å²) in [6.07, 6.45) is 4.22. The summed E-state index contributed by atoms with van der Waals surface area (Å²) < 4.78 is 0. The second-order valence-corrected chi connectivity index (χ2v) is 4.49. The lowest BCUT2D eigenvalue weighted by Gasteiger charge is -2.39. The van der Waals surface area contributed by atoms with Crippen LogP contribution in [-0.4, -0.2) is 30.7 Å². The number of hydrogen-bond acceptors (Lipinski definition) is 3. The maximum Gasteiger partial charge on any atom is 0.128 e. The van der Waals surface area contributed by atoms with E-state index < -0.39 is 0 Å². The molecule has 1 N–H and O–H groups in total. The lowest BCUT2D eigenvalue weighted by molar-refractivity contribution is 0.304. The van der Waals surface area contributed by atoms with Crippen molar-refractivity contribution in [3.8, 4) is 0 Å². The molecular weight excluding hydrogens is 186 g/mol. The molecule has 0 aliphatic carbocycles. The molecule has 0 aromatic carbocycles. The van der Waals surface area contributed by atoms with Crippen molar-refractivity contribution in [2.75, 3.05) is 25.0 Å². The first kappa shape index (κ1) is 10.4. The molecule has 1 aromatic rings. The van der Waals surface area contributed by atoms with Crippen molar-refractivity contribution in [3.05, 3.63) is 24.4 Å². The molecule has 1 aliphatic rings. The van der Waals surface area contributed by atoms with E-state index in [0.29, 0.717) is 5.54 Å². The van der Waals surface area contributed by atoms with Crippen LogP contribution in [0.4, 0.5) is 5.82 Å². The Morgan fingerprint density at radius 1 is 1.33 bits per heavy atom. The summed E-state index contributed by atoms with van der Waals surface area (Å²) in [7, 11) is 2.05. The maximum atomic E-state index is 4.38. The van der Waals surface area contributed by atoms with Crippen LogP contribution in [0.5, 0.6) is 0 Å². The minimum Gasteiger partial charge on any atom is -0.356 e. The van der Waals surface area contributed by atoms with Gasteiger partial charge in [0.15, 0.2) is 0 Å². The van der Waals surface area contributed by atoms with Crippen LogP contribution in [-0.2, 0) is 0 Å². The molecule has 1 aromatic heterocycles. The molecule has 0 radical (unpaired) electrons. The van der Waals surface area contributed by atoms with Crippen LogP contribution in [0.15, 0.2) is 24.4 Å². The van der Waals surface area contributed by atoms with Crippen LogP contribution in [0.3, 0.4) is 0 Å². The summed E-state index contributed by atoms with van der Waals surface area (Å²) in [5.41, 5.74) is 0.311. The van der Waals surface area contributed by atoms with Crippen LogP contribution in [0.1, 0.15) is 19.8 Å². The number of nitrogens with one attached hydrogen (secondary N) is 1. The van der Waals surface area contributed by atoms with Crippen molar-refractivity contribution in [3.63, 3.8) is 0 Å². The molecule has 15 heavy (non-hydrogen) atoms. The summed E-state index contributed by atoms with van der Waals surface area (Å²) in [5.74, 6) is 1.11. The predicted molar refractivity (Wildman–Crippen MR) is 63.1 cm³/mol. The SMILES string of the molecule is CNC1(C)CCN(c2ccccn2)CC1. The molecule has 1 aliphatic heterocycles. The van der Waals surface area contributed by atoms with Gasteiger partial charge in [-0.3, -0.25) is 0 Å². The lowest BCUT2D eigenvalue weighted by atomic mass is 9.90. The Balaban J connectivity index is 2.00. The molecular formula is C12H19N3. The van der Waals surface area contributed by atoms with E-state index in [1.807, 2.05) is 18.3 Å². The van der Waals surface area contributed by atoms with Gasteiger partial charge in [-0.05, 0) is 38.9 Å². The second kappa shape index (κ2) is 4.19. The number of hydrogen-bond donors (Lipinski definition) is 1. The molecule has 3 heteroatoms. The first-order valence-electron chi connectivity index (χ1n) is 5.58. The van der Waals surface area contributed by atoms with Gasteiger partial charge in [0.2, 0.25) is 0 Å². The number of piperidine rings is 1. The molecule has 1 saturated heterocycles. The molecule has 0 atom stereocenters. The molecule has 2 rings (SSSR count). The van der Waals surface area contributed by atoms with Gasteiger partial charge in [-0.15, -0.1) is 0 Å². The third kappa shape index (κ3) is 2.29. The standard InChI is InChI=1S/C12H19N3/c1-12(13-2)6-9-15(10-7-12)11-5-3-4-8-14-11/h3-5,8,13H,6-7,9-10H2,1-2H3. The van der Waals surface area contributed by atoms with Crippen LogP contribution in [0.25, 0.3) is 0 Å². The van der Waals surface area contributed by atoms with Crippen LogP contribution >= 0.6 is 0 Å². The Labute approximate surface area is 91.5 Å². The van der Waals surface area contributed by atoms with Gasteiger partial charge in [0.05, 0.1) is 0 Å². The predicted octanol–water partition coefficient (Wildman–Crippen LogP) is 1.66. The number of aromatic nitrogens is 1. The van der Waals surface area contributed by atoms with Gasteiger partial charge in [0, 0.05) is 24.8 Å². The van der Waals surface area contributed by atoms with E-state index in [1.54, 1.807) is 0 Å². The molecule has 2 heterocycles. The smallest absolute Gasteiger partial charge is 0.128 e. The highest BCUT2D eigenvalue weighted by atomic mass is 15.2. The van der Waals surface area contributed by atoms with E-state index in [1.165, 1.54) is 12.8 Å². The van der Waals surface area contributed by atoms with Gasteiger partial charge < -0.3 is 10.2 Å². The zero-order valence-electron chi connectivity index (χ0n) is 9.53. The average Bonchev–Trinajstić information content (AvgIpc) is 2.31. The minimum atomic E-state index is 0.311. The summed E-state index contributed by atoms with van der Waals surface area (Å²) in [5, 5.41) is 3.41. The van der Waals surface area contributed by atoms with Gasteiger partial charge in [0.1, 0.15) is 5.82 Å². The third-order valence-electron chi connectivity index (χ3n) is 3.44. The highest BCUT2D eigenvalue weighted by molar-refractivity contribution is 5.38. The van der Waals surface area contributed by atoms with Crippen molar-refractivity contribution in [2.45, 2.75) is 25.3 Å².